The fraction of sp³-hybridized carbons (Fsp3) is 0.458. The second-order valence-corrected chi connectivity index (χ2v) is 8.57. The highest BCUT2D eigenvalue weighted by molar-refractivity contribution is 5.86. The van der Waals surface area contributed by atoms with Gasteiger partial charge in [-0.3, -0.25) is 0 Å². The standard InChI is InChI=1S/C24H32N4O3/c1-6-17(16-30-5)22-26-21(20-12-11-18-9-7-8-10-19(18)15-20)27-28(22)14-13-25-23(29)31-24(2,3)4/h7-12,15,17H,6,13-14,16H2,1-5H3,(H,25,29). The molecule has 0 saturated carbocycles. The predicted octanol–water partition coefficient (Wildman–Crippen LogP) is 4.76. The van der Waals surface area contributed by atoms with Crippen molar-refractivity contribution in [3.05, 3.63) is 48.3 Å². The van der Waals surface area contributed by atoms with Gasteiger partial charge in [-0.05, 0) is 44.0 Å². The summed E-state index contributed by atoms with van der Waals surface area (Å²) in [5, 5.41) is 9.89. The Morgan fingerprint density at radius 1 is 1.16 bits per heavy atom. The molecule has 0 spiro atoms. The van der Waals surface area contributed by atoms with Gasteiger partial charge in [0.2, 0.25) is 0 Å². The van der Waals surface area contributed by atoms with E-state index in [0.717, 1.165) is 23.2 Å². The molecule has 2 aromatic carbocycles. The molecule has 0 saturated heterocycles. The zero-order valence-electron chi connectivity index (χ0n) is 19.0. The minimum Gasteiger partial charge on any atom is -0.444 e. The Morgan fingerprint density at radius 3 is 2.58 bits per heavy atom. The maximum absolute atomic E-state index is 12.0. The van der Waals surface area contributed by atoms with E-state index < -0.39 is 11.7 Å². The lowest BCUT2D eigenvalue weighted by Crippen LogP contribution is -2.34. The number of methoxy groups -OCH3 is 1. The number of benzene rings is 2. The minimum atomic E-state index is -0.530. The smallest absolute Gasteiger partial charge is 0.407 e. The van der Waals surface area contributed by atoms with E-state index in [0.29, 0.717) is 25.5 Å². The summed E-state index contributed by atoms with van der Waals surface area (Å²) in [6.07, 6.45) is 0.441. The second-order valence-electron chi connectivity index (χ2n) is 8.57. The third-order valence-electron chi connectivity index (χ3n) is 4.93. The SMILES string of the molecule is CCC(COC)c1nc(-c2ccc3ccccc3c2)nn1CCNC(=O)OC(C)(C)C. The summed E-state index contributed by atoms with van der Waals surface area (Å²) in [6.45, 7) is 9.09. The van der Waals surface area contributed by atoms with E-state index in [2.05, 4.69) is 36.5 Å². The van der Waals surface area contributed by atoms with Gasteiger partial charge in [0.25, 0.3) is 0 Å². The van der Waals surface area contributed by atoms with Crippen LogP contribution in [0, 0.1) is 0 Å². The normalized spacial score (nSPS) is 12.7. The quantitative estimate of drug-likeness (QED) is 0.564. The van der Waals surface area contributed by atoms with Gasteiger partial charge in [-0.15, -0.1) is 0 Å². The van der Waals surface area contributed by atoms with Gasteiger partial charge in [0, 0.05) is 25.1 Å². The Balaban J connectivity index is 1.84. The van der Waals surface area contributed by atoms with Gasteiger partial charge >= 0.3 is 6.09 Å². The highest BCUT2D eigenvalue weighted by Gasteiger charge is 2.21. The Bertz CT molecular complexity index is 1020. The van der Waals surface area contributed by atoms with E-state index in [4.69, 9.17) is 19.6 Å². The van der Waals surface area contributed by atoms with Crippen molar-refractivity contribution >= 4 is 16.9 Å². The number of nitrogens with zero attached hydrogens (tertiary/aromatic N) is 3. The third-order valence-corrected chi connectivity index (χ3v) is 4.93. The van der Waals surface area contributed by atoms with Crippen molar-refractivity contribution in [2.75, 3.05) is 20.3 Å². The third kappa shape index (κ3) is 6.04. The van der Waals surface area contributed by atoms with Gasteiger partial charge in [-0.1, -0.05) is 43.3 Å². The van der Waals surface area contributed by atoms with Crippen LogP contribution in [0.1, 0.15) is 45.9 Å². The summed E-state index contributed by atoms with van der Waals surface area (Å²) >= 11 is 0. The Hall–Kier alpha value is -2.93. The summed E-state index contributed by atoms with van der Waals surface area (Å²) in [5.41, 5.74) is 0.434. The first kappa shape index (κ1) is 22.7. The second kappa shape index (κ2) is 9.92. The van der Waals surface area contributed by atoms with Crippen molar-refractivity contribution in [3.8, 4) is 11.4 Å². The van der Waals surface area contributed by atoms with Crippen molar-refractivity contribution in [3.63, 3.8) is 0 Å². The first-order valence-electron chi connectivity index (χ1n) is 10.7. The lowest BCUT2D eigenvalue weighted by Gasteiger charge is -2.20. The van der Waals surface area contributed by atoms with Crippen LogP contribution in [0.15, 0.2) is 42.5 Å². The van der Waals surface area contributed by atoms with Crippen molar-refractivity contribution in [2.24, 2.45) is 0 Å². The molecule has 1 atom stereocenters. The zero-order valence-corrected chi connectivity index (χ0v) is 19.0. The Morgan fingerprint density at radius 2 is 1.90 bits per heavy atom. The van der Waals surface area contributed by atoms with Crippen LogP contribution in [0.5, 0.6) is 0 Å². The fourth-order valence-electron chi connectivity index (χ4n) is 3.43. The summed E-state index contributed by atoms with van der Waals surface area (Å²) in [4.78, 5) is 16.8. The van der Waals surface area contributed by atoms with Crippen LogP contribution in [-0.4, -0.2) is 46.7 Å². The number of ether oxygens (including phenoxy) is 2. The number of fused-ring (bicyclic) bond motifs is 1. The summed E-state index contributed by atoms with van der Waals surface area (Å²) in [7, 11) is 1.69. The van der Waals surface area contributed by atoms with E-state index in [9.17, 15) is 4.79 Å². The Kier molecular flexibility index (Phi) is 7.28. The molecule has 0 aliphatic heterocycles. The van der Waals surface area contributed by atoms with Gasteiger partial charge < -0.3 is 14.8 Å². The molecule has 1 heterocycles. The lowest BCUT2D eigenvalue weighted by atomic mass is 10.1. The number of aromatic nitrogens is 3. The summed E-state index contributed by atoms with van der Waals surface area (Å²) < 4.78 is 12.6. The van der Waals surface area contributed by atoms with Crippen LogP contribution in [0.4, 0.5) is 4.79 Å². The molecule has 0 radical (unpaired) electrons. The number of amides is 1. The number of nitrogens with one attached hydrogen (secondary N) is 1. The molecular formula is C24H32N4O3. The molecule has 0 fully saturated rings. The molecule has 3 aromatic rings. The number of alkyl carbamates (subject to hydrolysis) is 1. The fourth-order valence-corrected chi connectivity index (χ4v) is 3.43. The van der Waals surface area contributed by atoms with Crippen molar-refractivity contribution in [2.45, 2.75) is 52.2 Å². The number of carbonyl (C=O) groups is 1. The first-order chi connectivity index (χ1) is 14.8. The van der Waals surface area contributed by atoms with Gasteiger partial charge in [0.1, 0.15) is 11.4 Å². The largest absolute Gasteiger partial charge is 0.444 e. The minimum absolute atomic E-state index is 0.119. The first-order valence-corrected chi connectivity index (χ1v) is 10.7. The van der Waals surface area contributed by atoms with E-state index in [1.165, 1.54) is 5.39 Å². The molecule has 1 unspecified atom stereocenters. The topological polar surface area (TPSA) is 78.3 Å². The highest BCUT2D eigenvalue weighted by atomic mass is 16.6. The molecule has 1 amide bonds. The van der Waals surface area contributed by atoms with Crippen molar-refractivity contribution in [1.82, 2.24) is 20.1 Å². The van der Waals surface area contributed by atoms with Crippen molar-refractivity contribution in [1.29, 1.82) is 0 Å². The Labute approximate surface area is 183 Å². The summed E-state index contributed by atoms with van der Waals surface area (Å²) in [5.74, 6) is 1.65. The molecule has 7 heteroatoms. The van der Waals surface area contributed by atoms with Crippen molar-refractivity contribution < 1.29 is 14.3 Å². The molecule has 0 bridgehead atoms. The van der Waals surface area contributed by atoms with E-state index in [1.807, 2.05) is 43.7 Å². The van der Waals surface area contributed by atoms with Crippen LogP contribution in [-0.2, 0) is 16.0 Å². The van der Waals surface area contributed by atoms with E-state index in [-0.39, 0.29) is 5.92 Å². The molecule has 0 aliphatic carbocycles. The molecular weight excluding hydrogens is 392 g/mol. The van der Waals surface area contributed by atoms with Gasteiger partial charge in [-0.2, -0.15) is 5.10 Å². The molecule has 1 N–H and O–H groups in total. The van der Waals surface area contributed by atoms with Crippen LogP contribution >= 0.6 is 0 Å². The monoisotopic (exact) mass is 424 g/mol. The summed E-state index contributed by atoms with van der Waals surface area (Å²) in [6, 6.07) is 14.5. The van der Waals surface area contributed by atoms with Gasteiger partial charge in [0.15, 0.2) is 5.82 Å². The lowest BCUT2D eigenvalue weighted by molar-refractivity contribution is 0.0525. The molecule has 166 valence electrons. The highest BCUT2D eigenvalue weighted by Crippen LogP contribution is 2.25. The number of hydrogen-bond donors (Lipinski definition) is 1. The van der Waals surface area contributed by atoms with Gasteiger partial charge in [-0.25, -0.2) is 14.5 Å². The molecule has 7 nitrogen and oxygen atoms in total. The average Bonchev–Trinajstić information content (AvgIpc) is 3.14. The molecule has 3 rings (SSSR count). The van der Waals surface area contributed by atoms with E-state index in [1.54, 1.807) is 7.11 Å². The number of rotatable bonds is 8. The van der Waals surface area contributed by atoms with Gasteiger partial charge in [0.05, 0.1) is 13.2 Å². The number of carbonyl (C=O) groups excluding carboxylic acids is 1. The molecule has 31 heavy (non-hydrogen) atoms. The van der Waals surface area contributed by atoms with Crippen LogP contribution in [0.3, 0.4) is 0 Å². The molecule has 0 aliphatic rings. The maximum atomic E-state index is 12.0. The van der Waals surface area contributed by atoms with Crippen LogP contribution in [0.25, 0.3) is 22.2 Å². The molecule has 1 aromatic heterocycles. The van der Waals surface area contributed by atoms with Crippen LogP contribution < -0.4 is 5.32 Å². The van der Waals surface area contributed by atoms with Crippen LogP contribution in [0.2, 0.25) is 0 Å². The predicted molar refractivity (Wildman–Crippen MR) is 122 cm³/mol. The average molecular weight is 425 g/mol. The zero-order chi connectivity index (χ0) is 22.4. The van der Waals surface area contributed by atoms with E-state index >= 15 is 0 Å². The maximum Gasteiger partial charge on any atom is 0.407 e. The number of hydrogen-bond acceptors (Lipinski definition) is 5.